The quantitative estimate of drug-likeness (QED) is 0.415. The van der Waals surface area contributed by atoms with Gasteiger partial charge >= 0.3 is 0 Å². The molecule has 1 saturated heterocycles. The van der Waals surface area contributed by atoms with E-state index in [1.807, 2.05) is 28.2 Å². The molecule has 0 N–H and O–H groups in total. The van der Waals surface area contributed by atoms with Crippen LogP contribution in [0.5, 0.6) is 0 Å². The highest BCUT2D eigenvalue weighted by Crippen LogP contribution is 2.21. The maximum atomic E-state index is 12.5. The fraction of sp³-hybridized carbons (Fsp3) is 0.500. The fourth-order valence-electron chi connectivity index (χ4n) is 2.77. The third-order valence-corrected chi connectivity index (χ3v) is 5.26. The third-order valence-electron chi connectivity index (χ3n) is 4.32. The second-order valence-corrected chi connectivity index (χ2v) is 7.35. The molecule has 0 bridgehead atoms. The summed E-state index contributed by atoms with van der Waals surface area (Å²) in [4.78, 5) is 30.7. The number of amides is 1. The summed E-state index contributed by atoms with van der Waals surface area (Å²) in [6.45, 7) is 6.55. The molecule has 1 aliphatic rings. The SMILES string of the molecule is CC(C)n1cnnc1SCC(=O)N1CCN(c2ccc([N+](=O)[O-])cn2)CC1. The Kier molecular flexibility index (Phi) is 5.89. The minimum atomic E-state index is -0.467. The Hall–Kier alpha value is -2.69. The van der Waals surface area contributed by atoms with Crippen LogP contribution in [0.15, 0.2) is 29.8 Å². The molecule has 1 aliphatic heterocycles. The van der Waals surface area contributed by atoms with Gasteiger partial charge in [-0.25, -0.2) is 4.98 Å². The maximum absolute atomic E-state index is 12.5. The second kappa shape index (κ2) is 8.33. The van der Waals surface area contributed by atoms with E-state index >= 15 is 0 Å². The lowest BCUT2D eigenvalue weighted by Gasteiger charge is -2.35. The van der Waals surface area contributed by atoms with Gasteiger partial charge in [-0.1, -0.05) is 11.8 Å². The van der Waals surface area contributed by atoms with E-state index in [1.165, 1.54) is 24.0 Å². The van der Waals surface area contributed by atoms with Gasteiger partial charge in [0.15, 0.2) is 5.16 Å². The van der Waals surface area contributed by atoms with Crippen molar-refractivity contribution in [3.05, 3.63) is 34.8 Å². The lowest BCUT2D eigenvalue weighted by molar-refractivity contribution is -0.385. The summed E-state index contributed by atoms with van der Waals surface area (Å²) >= 11 is 1.39. The van der Waals surface area contributed by atoms with Crippen LogP contribution < -0.4 is 4.90 Å². The maximum Gasteiger partial charge on any atom is 0.287 e. The average Bonchev–Trinajstić information content (AvgIpc) is 3.15. The number of nitrogens with zero attached hydrogens (tertiary/aromatic N) is 7. The zero-order valence-electron chi connectivity index (χ0n) is 15.2. The predicted molar refractivity (Wildman–Crippen MR) is 101 cm³/mol. The Morgan fingerprint density at radius 3 is 2.63 bits per heavy atom. The van der Waals surface area contributed by atoms with Crippen LogP contribution in [0.2, 0.25) is 0 Å². The highest BCUT2D eigenvalue weighted by Gasteiger charge is 2.23. The number of nitro groups is 1. The van der Waals surface area contributed by atoms with Crippen LogP contribution in [0.3, 0.4) is 0 Å². The van der Waals surface area contributed by atoms with Gasteiger partial charge in [-0.2, -0.15) is 0 Å². The van der Waals surface area contributed by atoms with Crippen molar-refractivity contribution >= 4 is 29.2 Å². The summed E-state index contributed by atoms with van der Waals surface area (Å²) in [6, 6.07) is 3.33. The van der Waals surface area contributed by atoms with Crippen LogP contribution in [0.1, 0.15) is 19.9 Å². The molecule has 1 fully saturated rings. The Bertz CT molecular complexity index is 801. The van der Waals surface area contributed by atoms with Gasteiger partial charge in [-0.15, -0.1) is 10.2 Å². The molecule has 0 unspecified atom stereocenters. The number of carbonyl (C=O) groups excluding carboxylic acids is 1. The van der Waals surface area contributed by atoms with E-state index < -0.39 is 4.92 Å². The molecule has 27 heavy (non-hydrogen) atoms. The second-order valence-electron chi connectivity index (χ2n) is 6.40. The molecule has 3 heterocycles. The monoisotopic (exact) mass is 391 g/mol. The van der Waals surface area contributed by atoms with Crippen molar-refractivity contribution in [2.45, 2.75) is 25.0 Å². The summed E-state index contributed by atoms with van der Waals surface area (Å²) in [5.74, 6) is 1.07. The van der Waals surface area contributed by atoms with Crippen LogP contribution in [0, 0.1) is 10.1 Å². The Labute approximate surface area is 160 Å². The number of anilines is 1. The molecule has 0 aromatic carbocycles. The predicted octanol–water partition coefficient (Wildman–Crippen LogP) is 1.60. The number of pyridine rings is 1. The van der Waals surface area contributed by atoms with Crippen molar-refractivity contribution in [2.24, 2.45) is 0 Å². The van der Waals surface area contributed by atoms with Crippen LogP contribution in [0.4, 0.5) is 11.5 Å². The Morgan fingerprint density at radius 1 is 1.30 bits per heavy atom. The van der Waals surface area contributed by atoms with Gasteiger partial charge in [0.1, 0.15) is 18.3 Å². The molecule has 144 valence electrons. The molecule has 0 radical (unpaired) electrons. The topological polar surface area (TPSA) is 110 Å². The molecule has 3 rings (SSSR count). The fourth-order valence-corrected chi connectivity index (χ4v) is 3.71. The molecule has 0 saturated carbocycles. The lowest BCUT2D eigenvalue weighted by atomic mass is 10.3. The summed E-state index contributed by atoms with van der Waals surface area (Å²) in [5, 5.41) is 19.4. The molecular weight excluding hydrogens is 370 g/mol. The first-order chi connectivity index (χ1) is 13.0. The van der Waals surface area contributed by atoms with Crippen molar-refractivity contribution in [2.75, 3.05) is 36.8 Å². The lowest BCUT2D eigenvalue weighted by Crippen LogP contribution is -2.49. The van der Waals surface area contributed by atoms with Gasteiger partial charge < -0.3 is 14.4 Å². The van der Waals surface area contributed by atoms with Gasteiger partial charge in [-0.3, -0.25) is 14.9 Å². The van der Waals surface area contributed by atoms with Gasteiger partial charge in [0, 0.05) is 38.3 Å². The normalized spacial score (nSPS) is 14.6. The van der Waals surface area contributed by atoms with Crippen LogP contribution in [-0.2, 0) is 4.79 Å². The van der Waals surface area contributed by atoms with Crippen LogP contribution in [0.25, 0.3) is 0 Å². The zero-order chi connectivity index (χ0) is 19.4. The van der Waals surface area contributed by atoms with E-state index in [0.29, 0.717) is 37.7 Å². The Morgan fingerprint density at radius 2 is 2.04 bits per heavy atom. The minimum absolute atomic E-state index is 0.0289. The van der Waals surface area contributed by atoms with E-state index in [-0.39, 0.29) is 17.6 Å². The van der Waals surface area contributed by atoms with Gasteiger partial charge in [0.05, 0.1) is 10.7 Å². The number of carbonyl (C=O) groups is 1. The largest absolute Gasteiger partial charge is 0.353 e. The number of piperazine rings is 1. The summed E-state index contributed by atoms with van der Waals surface area (Å²) in [6.07, 6.45) is 2.93. The van der Waals surface area contributed by atoms with E-state index in [0.717, 1.165) is 5.16 Å². The first-order valence-electron chi connectivity index (χ1n) is 8.61. The highest BCUT2D eigenvalue weighted by atomic mass is 32.2. The molecule has 10 nitrogen and oxygen atoms in total. The number of hydrogen-bond acceptors (Lipinski definition) is 8. The van der Waals surface area contributed by atoms with Crippen molar-refractivity contribution in [1.29, 1.82) is 0 Å². The number of rotatable bonds is 6. The number of hydrogen-bond donors (Lipinski definition) is 0. The molecular formula is C16H21N7O3S. The standard InChI is InChI=1S/C16H21N7O3S/c1-12(2)22-11-18-19-16(22)27-10-15(24)21-7-5-20(6-8-21)14-4-3-13(9-17-14)23(25)26/h3-4,9,11-12H,5-8,10H2,1-2H3. The summed E-state index contributed by atoms with van der Waals surface area (Å²) < 4.78 is 1.94. The van der Waals surface area contributed by atoms with Crippen molar-refractivity contribution in [1.82, 2.24) is 24.6 Å². The number of aromatic nitrogens is 4. The molecule has 0 spiro atoms. The molecule has 2 aromatic heterocycles. The highest BCUT2D eigenvalue weighted by molar-refractivity contribution is 7.99. The van der Waals surface area contributed by atoms with Gasteiger partial charge in [-0.05, 0) is 19.9 Å². The van der Waals surface area contributed by atoms with E-state index in [1.54, 1.807) is 12.4 Å². The van der Waals surface area contributed by atoms with Gasteiger partial charge in [0.25, 0.3) is 5.69 Å². The van der Waals surface area contributed by atoms with Crippen LogP contribution in [-0.4, -0.2) is 67.4 Å². The summed E-state index contributed by atoms with van der Waals surface area (Å²) in [7, 11) is 0. The first kappa shape index (κ1) is 19.1. The third kappa shape index (κ3) is 4.54. The molecule has 0 aliphatic carbocycles. The zero-order valence-corrected chi connectivity index (χ0v) is 16.0. The van der Waals surface area contributed by atoms with Gasteiger partial charge in [0.2, 0.25) is 5.91 Å². The van der Waals surface area contributed by atoms with E-state index in [2.05, 4.69) is 15.2 Å². The first-order valence-corrected chi connectivity index (χ1v) is 9.59. The smallest absolute Gasteiger partial charge is 0.287 e. The van der Waals surface area contributed by atoms with E-state index in [4.69, 9.17) is 0 Å². The van der Waals surface area contributed by atoms with Crippen molar-refractivity contribution < 1.29 is 9.72 Å². The van der Waals surface area contributed by atoms with Crippen molar-refractivity contribution in [3.63, 3.8) is 0 Å². The minimum Gasteiger partial charge on any atom is -0.353 e. The summed E-state index contributed by atoms with van der Waals surface area (Å²) in [5.41, 5.74) is -0.0289. The molecule has 0 atom stereocenters. The average molecular weight is 391 g/mol. The Balaban J connectivity index is 1.50. The molecule has 2 aromatic rings. The number of thioether (sulfide) groups is 1. The van der Waals surface area contributed by atoms with Crippen molar-refractivity contribution in [3.8, 4) is 0 Å². The molecule has 11 heteroatoms. The van der Waals surface area contributed by atoms with Crippen LogP contribution >= 0.6 is 11.8 Å². The molecule has 1 amide bonds. The van der Waals surface area contributed by atoms with E-state index in [9.17, 15) is 14.9 Å².